The van der Waals surface area contributed by atoms with Crippen LogP contribution >= 0.6 is 11.8 Å². The van der Waals surface area contributed by atoms with E-state index in [0.29, 0.717) is 11.7 Å². The molecule has 0 aliphatic carbocycles. The van der Waals surface area contributed by atoms with Gasteiger partial charge in [0.2, 0.25) is 0 Å². The van der Waals surface area contributed by atoms with E-state index in [2.05, 4.69) is 11.6 Å². The van der Waals surface area contributed by atoms with Crippen molar-refractivity contribution >= 4 is 23.0 Å². The quantitative estimate of drug-likeness (QED) is 0.805. The fraction of sp³-hybridized carbons (Fsp3) is 0.733. The van der Waals surface area contributed by atoms with Crippen LogP contribution in [-0.4, -0.2) is 57.6 Å². The van der Waals surface area contributed by atoms with Crippen molar-refractivity contribution < 1.29 is 19.4 Å². The zero-order valence-corrected chi connectivity index (χ0v) is 14.1. The second kappa shape index (κ2) is 7.02. The van der Waals surface area contributed by atoms with Crippen molar-refractivity contribution in [3.63, 3.8) is 0 Å². The van der Waals surface area contributed by atoms with E-state index in [1.165, 1.54) is 16.7 Å². The maximum atomic E-state index is 12.3. The molecule has 0 saturated carbocycles. The number of thioether (sulfide) groups is 1. The molecule has 22 heavy (non-hydrogen) atoms. The molecule has 0 bridgehead atoms. The third-order valence-electron chi connectivity index (χ3n) is 3.28. The lowest BCUT2D eigenvalue weighted by Crippen LogP contribution is -2.39. The van der Waals surface area contributed by atoms with Crippen molar-refractivity contribution in [2.24, 2.45) is 4.99 Å². The summed E-state index contributed by atoms with van der Waals surface area (Å²) in [6.07, 6.45) is 2.70. The van der Waals surface area contributed by atoms with Gasteiger partial charge in [-0.15, -0.1) is 6.58 Å². The molecule has 0 aromatic rings. The highest BCUT2D eigenvalue weighted by atomic mass is 32.2. The van der Waals surface area contributed by atoms with Crippen LogP contribution in [0.4, 0.5) is 4.79 Å². The van der Waals surface area contributed by atoms with Crippen molar-refractivity contribution in [3.8, 4) is 0 Å². The number of amides is 1. The molecule has 2 rings (SSSR count). The van der Waals surface area contributed by atoms with E-state index in [1.807, 2.05) is 20.8 Å². The summed E-state index contributed by atoms with van der Waals surface area (Å²) in [6, 6.07) is 0.0255. The van der Waals surface area contributed by atoms with Crippen LogP contribution < -0.4 is 0 Å². The van der Waals surface area contributed by atoms with Crippen LogP contribution in [0.3, 0.4) is 0 Å². The van der Waals surface area contributed by atoms with Gasteiger partial charge in [0.15, 0.2) is 5.17 Å². The number of nitrogens with zero attached hydrogens (tertiary/aromatic N) is 2. The number of hydrogen-bond acceptors (Lipinski definition) is 6. The van der Waals surface area contributed by atoms with Gasteiger partial charge in [0, 0.05) is 6.54 Å². The van der Waals surface area contributed by atoms with Crippen LogP contribution in [0.15, 0.2) is 17.6 Å². The third kappa shape index (κ3) is 4.24. The molecule has 0 aromatic carbocycles. The molecule has 1 N–H and O–H groups in total. The number of carbonyl (C=O) groups excluding carboxylic acids is 1. The van der Waals surface area contributed by atoms with Gasteiger partial charge >= 0.3 is 6.09 Å². The lowest BCUT2D eigenvalue weighted by molar-refractivity contribution is -0.0399. The minimum absolute atomic E-state index is 0.0154. The summed E-state index contributed by atoms with van der Waals surface area (Å²) in [6.45, 7) is 9.53. The minimum atomic E-state index is -0.564. The summed E-state index contributed by atoms with van der Waals surface area (Å²) in [7, 11) is 0. The number of ether oxygens (including phenoxy) is 2. The van der Waals surface area contributed by atoms with E-state index in [4.69, 9.17) is 9.47 Å². The summed E-state index contributed by atoms with van der Waals surface area (Å²) in [5.74, 6) is 0. The van der Waals surface area contributed by atoms with Gasteiger partial charge in [0.05, 0.1) is 18.8 Å². The van der Waals surface area contributed by atoms with Crippen molar-refractivity contribution in [2.75, 3.05) is 13.2 Å². The van der Waals surface area contributed by atoms with Crippen LogP contribution in [0.5, 0.6) is 0 Å². The Balaban J connectivity index is 2.07. The summed E-state index contributed by atoms with van der Waals surface area (Å²) in [4.78, 5) is 18.4. The molecule has 124 valence electrons. The SMILES string of the molecule is C=CCN(C(=O)OC(C)(C)C)C1=N[C@@H]2CC[C@H](CO)O[C@@H]2S1. The zero-order chi connectivity index (χ0) is 16.3. The predicted molar refractivity (Wildman–Crippen MR) is 86.9 cm³/mol. The lowest BCUT2D eigenvalue weighted by atomic mass is 10.1. The number of carbonyl (C=O) groups is 1. The normalized spacial score (nSPS) is 27.8. The second-order valence-corrected chi connectivity index (χ2v) is 7.43. The highest BCUT2D eigenvalue weighted by Crippen LogP contribution is 2.37. The molecule has 2 heterocycles. The summed E-state index contributed by atoms with van der Waals surface area (Å²) in [5, 5.41) is 9.82. The monoisotopic (exact) mass is 328 g/mol. The molecule has 0 unspecified atom stereocenters. The van der Waals surface area contributed by atoms with Crippen LogP contribution in [0.25, 0.3) is 0 Å². The smallest absolute Gasteiger partial charge is 0.416 e. The zero-order valence-electron chi connectivity index (χ0n) is 13.3. The van der Waals surface area contributed by atoms with E-state index in [1.54, 1.807) is 6.08 Å². The van der Waals surface area contributed by atoms with E-state index in [0.717, 1.165) is 12.8 Å². The molecule has 0 radical (unpaired) electrons. The van der Waals surface area contributed by atoms with E-state index in [-0.39, 0.29) is 24.2 Å². The number of amidine groups is 1. The molecule has 3 atom stereocenters. The van der Waals surface area contributed by atoms with Crippen molar-refractivity contribution in [1.29, 1.82) is 0 Å². The highest BCUT2D eigenvalue weighted by molar-refractivity contribution is 8.14. The number of aliphatic hydroxyl groups excluding tert-OH is 1. The van der Waals surface area contributed by atoms with E-state index < -0.39 is 11.7 Å². The molecule has 0 spiro atoms. The summed E-state index contributed by atoms with van der Waals surface area (Å²) < 4.78 is 11.2. The Morgan fingerprint density at radius 3 is 2.91 bits per heavy atom. The van der Waals surface area contributed by atoms with Gasteiger partial charge in [0.1, 0.15) is 11.0 Å². The van der Waals surface area contributed by atoms with Gasteiger partial charge < -0.3 is 14.6 Å². The molecule has 2 aliphatic rings. The first-order valence-corrected chi connectivity index (χ1v) is 8.34. The van der Waals surface area contributed by atoms with E-state index >= 15 is 0 Å². The van der Waals surface area contributed by atoms with Crippen molar-refractivity contribution in [2.45, 2.75) is 56.8 Å². The Kier molecular flexibility index (Phi) is 5.52. The van der Waals surface area contributed by atoms with E-state index in [9.17, 15) is 9.90 Å². The number of aliphatic imine (C=N–C) groups is 1. The van der Waals surface area contributed by atoms with Gasteiger partial charge in [-0.1, -0.05) is 17.8 Å². The Labute approximate surface area is 135 Å². The topological polar surface area (TPSA) is 71.4 Å². The molecule has 1 fully saturated rings. The molecule has 1 amide bonds. The van der Waals surface area contributed by atoms with Gasteiger partial charge in [-0.25, -0.2) is 4.79 Å². The molecule has 6 nitrogen and oxygen atoms in total. The molecule has 1 saturated heterocycles. The Bertz CT molecular complexity index is 461. The van der Waals surface area contributed by atoms with Crippen LogP contribution in [0, 0.1) is 0 Å². The van der Waals surface area contributed by atoms with Crippen LogP contribution in [-0.2, 0) is 9.47 Å². The van der Waals surface area contributed by atoms with Crippen molar-refractivity contribution in [1.82, 2.24) is 4.90 Å². The van der Waals surface area contributed by atoms with Crippen molar-refractivity contribution in [3.05, 3.63) is 12.7 Å². The average molecular weight is 328 g/mol. The molecule has 0 aromatic heterocycles. The number of hydrogen-bond donors (Lipinski definition) is 1. The van der Waals surface area contributed by atoms with Gasteiger partial charge in [0.25, 0.3) is 0 Å². The second-order valence-electron chi connectivity index (χ2n) is 6.36. The van der Waals surface area contributed by atoms with Crippen LogP contribution in [0.2, 0.25) is 0 Å². The fourth-order valence-corrected chi connectivity index (χ4v) is 3.54. The first-order valence-electron chi connectivity index (χ1n) is 7.46. The van der Waals surface area contributed by atoms with Gasteiger partial charge in [-0.2, -0.15) is 0 Å². The van der Waals surface area contributed by atoms with Crippen LogP contribution in [0.1, 0.15) is 33.6 Å². The standard InChI is InChI=1S/C15H24N2O4S/c1-5-8-17(14(19)21-15(2,3)4)13-16-11-7-6-10(9-18)20-12(11)22-13/h5,10-12,18H,1,6-9H2,2-4H3/t10-,11-,12-/m1/s1. The maximum Gasteiger partial charge on any atom is 0.416 e. The largest absolute Gasteiger partial charge is 0.443 e. The lowest BCUT2D eigenvalue weighted by Gasteiger charge is -2.29. The highest BCUT2D eigenvalue weighted by Gasteiger charge is 2.40. The number of fused-ring (bicyclic) bond motifs is 1. The molecule has 7 heteroatoms. The Morgan fingerprint density at radius 2 is 2.32 bits per heavy atom. The maximum absolute atomic E-state index is 12.3. The third-order valence-corrected chi connectivity index (χ3v) is 4.48. The Morgan fingerprint density at radius 1 is 1.59 bits per heavy atom. The average Bonchev–Trinajstić information content (AvgIpc) is 2.84. The fourth-order valence-electron chi connectivity index (χ4n) is 2.29. The minimum Gasteiger partial charge on any atom is -0.443 e. The summed E-state index contributed by atoms with van der Waals surface area (Å²) in [5.41, 5.74) is -0.707. The first-order chi connectivity index (χ1) is 10.3. The number of rotatable bonds is 3. The molecule has 2 aliphatic heterocycles. The number of aliphatic hydroxyl groups is 1. The first kappa shape index (κ1) is 17.3. The van der Waals surface area contributed by atoms with Gasteiger partial charge in [-0.05, 0) is 33.6 Å². The Hall–Kier alpha value is -1.05. The predicted octanol–water partition coefficient (Wildman–Crippen LogP) is 2.38. The molecular weight excluding hydrogens is 304 g/mol. The summed E-state index contributed by atoms with van der Waals surface area (Å²) >= 11 is 1.41. The van der Waals surface area contributed by atoms with Gasteiger partial charge in [-0.3, -0.25) is 9.89 Å². The molecular formula is C15H24N2O4S.